The number of quaternary nitrogens is 1. The van der Waals surface area contributed by atoms with Gasteiger partial charge < -0.3 is 4.48 Å². The Kier molecular flexibility index (Phi) is 2.53. The quantitative estimate of drug-likeness (QED) is 0.592. The largest absolute Gasteiger partial charge is 0.327 e. The fourth-order valence-corrected chi connectivity index (χ4v) is 1.24. The summed E-state index contributed by atoms with van der Waals surface area (Å²) in [5, 5.41) is 0. The Morgan fingerprint density at radius 3 is 2.00 bits per heavy atom. The lowest BCUT2D eigenvalue weighted by molar-refractivity contribution is -0.884. The first-order valence-corrected chi connectivity index (χ1v) is 4.33. The van der Waals surface area contributed by atoms with Crippen LogP contribution in [0.1, 0.15) is 12.6 Å². The average molecular weight is 166 g/mol. The van der Waals surface area contributed by atoms with Crippen molar-refractivity contribution in [2.75, 3.05) is 21.1 Å². The van der Waals surface area contributed by atoms with Gasteiger partial charge in [0.2, 0.25) is 0 Å². The van der Waals surface area contributed by atoms with Crippen LogP contribution in [-0.4, -0.2) is 25.6 Å². The first-order chi connectivity index (χ1) is 5.47. The number of nitrogens with zero attached hydrogens (tertiary/aromatic N) is 1. The second-order valence-corrected chi connectivity index (χ2v) is 4.43. The number of hydrogen-bond acceptors (Lipinski definition) is 0. The van der Waals surface area contributed by atoms with Crippen LogP contribution in [0.25, 0.3) is 0 Å². The molecule has 0 fully saturated rings. The molecule has 1 rings (SSSR count). The van der Waals surface area contributed by atoms with E-state index >= 15 is 0 Å². The third-order valence-corrected chi connectivity index (χ3v) is 1.78. The third-order valence-electron chi connectivity index (χ3n) is 1.78. The Balaban J connectivity index is 0.00000144. The van der Waals surface area contributed by atoms with Crippen LogP contribution in [0.5, 0.6) is 0 Å². The zero-order chi connectivity index (χ0) is 9.19. The van der Waals surface area contributed by atoms with Crippen molar-refractivity contribution in [1.29, 1.82) is 0 Å². The van der Waals surface area contributed by atoms with E-state index in [2.05, 4.69) is 52.3 Å². The van der Waals surface area contributed by atoms with Gasteiger partial charge in [0.1, 0.15) is 6.54 Å². The molecule has 1 nitrogen and oxygen atoms in total. The van der Waals surface area contributed by atoms with Gasteiger partial charge in [-0.05, 0) is 6.92 Å². The smallest absolute Gasteiger partial charge is 0.104 e. The van der Waals surface area contributed by atoms with Crippen LogP contribution >= 0.6 is 0 Å². The van der Waals surface area contributed by atoms with Gasteiger partial charge in [-0.15, -0.1) is 0 Å². The van der Waals surface area contributed by atoms with Crippen LogP contribution in [0.15, 0.2) is 24.3 Å². The Hall–Kier alpha value is -0.820. The highest BCUT2D eigenvalue weighted by molar-refractivity contribution is 5.20. The summed E-state index contributed by atoms with van der Waals surface area (Å²) in [5.74, 6) is 0. The van der Waals surface area contributed by atoms with Gasteiger partial charge in [-0.2, -0.15) is 0 Å². The molecule has 1 heteroatoms. The van der Waals surface area contributed by atoms with E-state index < -0.39 is 0 Å². The Bertz CT molecular complexity index is 246. The van der Waals surface area contributed by atoms with E-state index in [1.165, 1.54) is 11.1 Å². The summed E-state index contributed by atoms with van der Waals surface area (Å²) in [6, 6.07) is 8.76. The van der Waals surface area contributed by atoms with Gasteiger partial charge in [0, 0.05) is 6.99 Å². The van der Waals surface area contributed by atoms with Crippen LogP contribution in [-0.2, 0) is 6.54 Å². The summed E-state index contributed by atoms with van der Waals surface area (Å²) < 4.78 is 0.989. The lowest BCUT2D eigenvalue weighted by Gasteiger charge is -2.23. The molecule has 0 aromatic heterocycles. The zero-order valence-corrected chi connectivity index (χ0v) is 8.46. The summed E-state index contributed by atoms with van der Waals surface area (Å²) in [7, 11) is 6.62. The van der Waals surface area contributed by atoms with Crippen molar-refractivity contribution in [3.05, 3.63) is 35.4 Å². The molecule has 0 amide bonds. The van der Waals surface area contributed by atoms with Crippen molar-refractivity contribution < 1.29 is 5.91 Å². The van der Waals surface area contributed by atoms with E-state index in [0.29, 0.717) is 0 Å². The molecule has 0 unspecified atom stereocenters. The lowest BCUT2D eigenvalue weighted by atomic mass is 10.1. The summed E-state index contributed by atoms with van der Waals surface area (Å²) >= 11 is 0. The topological polar surface area (TPSA) is 0 Å². The summed E-state index contributed by atoms with van der Waals surface area (Å²) in [6.45, 7) is 3.22. The van der Waals surface area contributed by atoms with Gasteiger partial charge in [-0.3, -0.25) is 0 Å². The van der Waals surface area contributed by atoms with Crippen molar-refractivity contribution in [3.63, 3.8) is 0 Å². The standard InChI is InChI=1S/C11H18N.H2/c1-10-5-7-11(8-6-10)9-12(2,3)4;/h5-8H,9H2,1-4H3;1H/q+1;. The molecule has 1 aromatic carbocycles. The second-order valence-electron chi connectivity index (χ2n) is 4.43. The number of rotatable bonds is 2. The van der Waals surface area contributed by atoms with Gasteiger partial charge in [0.25, 0.3) is 0 Å². The summed E-state index contributed by atoms with van der Waals surface area (Å²) in [5.41, 5.74) is 2.74. The zero-order valence-electron chi connectivity index (χ0n) is 8.46. The predicted molar refractivity (Wildman–Crippen MR) is 55.0 cm³/mol. The maximum absolute atomic E-state index is 2.21. The minimum atomic E-state index is 0. The van der Waals surface area contributed by atoms with E-state index in [1.807, 2.05) is 0 Å². The Morgan fingerprint density at radius 2 is 1.58 bits per heavy atom. The highest BCUT2D eigenvalue weighted by Crippen LogP contribution is 2.07. The fourth-order valence-electron chi connectivity index (χ4n) is 1.24. The van der Waals surface area contributed by atoms with Crippen LogP contribution < -0.4 is 0 Å². The minimum Gasteiger partial charge on any atom is -0.327 e. The minimum absolute atomic E-state index is 0. The molecule has 68 valence electrons. The molecule has 0 radical (unpaired) electrons. The van der Waals surface area contributed by atoms with Crippen molar-refractivity contribution in [3.8, 4) is 0 Å². The van der Waals surface area contributed by atoms with Gasteiger partial charge in [-0.25, -0.2) is 0 Å². The molecule has 0 atom stereocenters. The van der Waals surface area contributed by atoms with E-state index in [1.54, 1.807) is 0 Å². The van der Waals surface area contributed by atoms with Crippen molar-refractivity contribution in [2.24, 2.45) is 0 Å². The number of benzene rings is 1. The predicted octanol–water partition coefficient (Wildman–Crippen LogP) is 2.45. The van der Waals surface area contributed by atoms with Gasteiger partial charge in [0.15, 0.2) is 0 Å². The normalized spacial score (nSPS) is 11.7. The molecule has 1 aromatic rings. The molecule has 0 aliphatic rings. The molecule has 0 heterocycles. The van der Waals surface area contributed by atoms with Crippen molar-refractivity contribution in [1.82, 2.24) is 0 Å². The number of aryl methyl sites for hydroxylation is 1. The monoisotopic (exact) mass is 166 g/mol. The molecular weight excluding hydrogens is 146 g/mol. The molecule has 0 spiro atoms. The number of hydrogen-bond donors (Lipinski definition) is 0. The van der Waals surface area contributed by atoms with Crippen LogP contribution in [0.3, 0.4) is 0 Å². The molecule has 0 bridgehead atoms. The molecule has 0 saturated heterocycles. The van der Waals surface area contributed by atoms with Crippen LogP contribution in [0.4, 0.5) is 0 Å². The molecular formula is C11H20N+. The van der Waals surface area contributed by atoms with Crippen molar-refractivity contribution >= 4 is 0 Å². The molecule has 0 N–H and O–H groups in total. The Morgan fingerprint density at radius 1 is 1.08 bits per heavy atom. The highest BCUT2D eigenvalue weighted by atomic mass is 15.3. The maximum Gasteiger partial charge on any atom is 0.104 e. The van der Waals surface area contributed by atoms with Gasteiger partial charge in [0.05, 0.1) is 21.1 Å². The second kappa shape index (κ2) is 3.28. The van der Waals surface area contributed by atoms with Crippen LogP contribution in [0, 0.1) is 6.92 Å². The van der Waals surface area contributed by atoms with E-state index in [0.717, 1.165) is 11.0 Å². The average Bonchev–Trinajstić information content (AvgIpc) is 1.91. The van der Waals surface area contributed by atoms with Gasteiger partial charge >= 0.3 is 0 Å². The highest BCUT2D eigenvalue weighted by Gasteiger charge is 2.07. The van der Waals surface area contributed by atoms with Gasteiger partial charge in [-0.1, -0.05) is 29.8 Å². The molecule has 12 heavy (non-hydrogen) atoms. The van der Waals surface area contributed by atoms with Crippen molar-refractivity contribution in [2.45, 2.75) is 13.5 Å². The lowest BCUT2D eigenvalue weighted by Crippen LogP contribution is -2.33. The summed E-state index contributed by atoms with van der Waals surface area (Å²) in [6.07, 6.45) is 0. The third kappa shape index (κ3) is 3.05. The van der Waals surface area contributed by atoms with E-state index in [9.17, 15) is 0 Å². The molecule has 0 saturated carbocycles. The van der Waals surface area contributed by atoms with E-state index in [4.69, 9.17) is 0 Å². The van der Waals surface area contributed by atoms with Crippen LogP contribution in [0.2, 0.25) is 0 Å². The fraction of sp³-hybridized carbons (Fsp3) is 0.455. The maximum atomic E-state index is 2.21. The summed E-state index contributed by atoms with van der Waals surface area (Å²) in [4.78, 5) is 0. The SMILES string of the molecule is Cc1ccc(C[N+](C)(C)C)cc1.[HH]. The Labute approximate surface area is 76.7 Å². The first-order valence-electron chi connectivity index (χ1n) is 4.33. The molecule has 0 aliphatic carbocycles. The van der Waals surface area contributed by atoms with E-state index in [-0.39, 0.29) is 1.43 Å². The molecule has 0 aliphatic heterocycles. The first kappa shape index (κ1) is 9.27.